The highest BCUT2D eigenvalue weighted by atomic mass is 16.5. The molecule has 4 heteroatoms. The molecule has 0 atom stereocenters. The standard InChI is InChI=1S/C18H18O4/c19-5-7-21-17-3-1-13-9-16-12-18(22-8-6-20)4-2-14(16)10-15(13)11-17/h1-4,9-12,19-20H,5-8H2. The number of benzene rings is 3. The molecule has 3 aromatic carbocycles. The molecule has 0 aliphatic heterocycles. The van der Waals surface area contributed by atoms with Crippen molar-refractivity contribution in [1.82, 2.24) is 0 Å². The second-order valence-electron chi connectivity index (χ2n) is 5.01. The summed E-state index contributed by atoms with van der Waals surface area (Å²) in [7, 11) is 0. The zero-order valence-corrected chi connectivity index (χ0v) is 12.2. The maximum atomic E-state index is 8.82. The fraction of sp³-hybridized carbons (Fsp3) is 0.222. The highest BCUT2D eigenvalue weighted by molar-refractivity contribution is 5.99. The topological polar surface area (TPSA) is 58.9 Å². The Morgan fingerprint density at radius 1 is 0.591 bits per heavy atom. The normalized spacial score (nSPS) is 11.0. The Hall–Kier alpha value is -2.30. The molecule has 0 amide bonds. The predicted octanol–water partition coefficient (Wildman–Crippen LogP) is 2.74. The van der Waals surface area contributed by atoms with Gasteiger partial charge in [-0.15, -0.1) is 0 Å². The molecule has 0 saturated heterocycles. The summed E-state index contributed by atoms with van der Waals surface area (Å²) < 4.78 is 10.9. The Morgan fingerprint density at radius 2 is 1.05 bits per heavy atom. The molecule has 0 saturated carbocycles. The van der Waals surface area contributed by atoms with Crippen LogP contribution in [0.2, 0.25) is 0 Å². The van der Waals surface area contributed by atoms with Gasteiger partial charge in [-0.3, -0.25) is 0 Å². The van der Waals surface area contributed by atoms with E-state index in [0.29, 0.717) is 13.2 Å². The van der Waals surface area contributed by atoms with Gasteiger partial charge in [0.25, 0.3) is 0 Å². The molecule has 0 unspecified atom stereocenters. The van der Waals surface area contributed by atoms with Crippen molar-refractivity contribution < 1.29 is 19.7 Å². The van der Waals surface area contributed by atoms with Crippen LogP contribution in [0.5, 0.6) is 11.5 Å². The lowest BCUT2D eigenvalue weighted by Gasteiger charge is -2.09. The molecule has 0 heterocycles. The molecule has 0 aliphatic rings. The number of aliphatic hydroxyl groups excluding tert-OH is 2. The minimum absolute atomic E-state index is 0.00632. The van der Waals surface area contributed by atoms with Crippen LogP contribution in [0, 0.1) is 0 Å². The zero-order valence-electron chi connectivity index (χ0n) is 12.2. The second kappa shape index (κ2) is 6.64. The first kappa shape index (κ1) is 14.6. The van der Waals surface area contributed by atoms with Crippen LogP contribution in [0.4, 0.5) is 0 Å². The smallest absolute Gasteiger partial charge is 0.120 e. The van der Waals surface area contributed by atoms with Crippen molar-refractivity contribution in [2.45, 2.75) is 0 Å². The molecular weight excluding hydrogens is 280 g/mol. The average Bonchev–Trinajstić information content (AvgIpc) is 2.56. The highest BCUT2D eigenvalue weighted by Crippen LogP contribution is 2.28. The lowest BCUT2D eigenvalue weighted by molar-refractivity contribution is 0.201. The van der Waals surface area contributed by atoms with Gasteiger partial charge < -0.3 is 19.7 Å². The van der Waals surface area contributed by atoms with Gasteiger partial charge in [0.1, 0.15) is 24.7 Å². The van der Waals surface area contributed by atoms with Crippen LogP contribution in [0.3, 0.4) is 0 Å². The van der Waals surface area contributed by atoms with E-state index in [1.165, 1.54) is 0 Å². The Balaban J connectivity index is 1.98. The largest absolute Gasteiger partial charge is 0.491 e. The first-order chi connectivity index (χ1) is 10.8. The first-order valence-corrected chi connectivity index (χ1v) is 7.25. The number of hydrogen-bond donors (Lipinski definition) is 2. The monoisotopic (exact) mass is 298 g/mol. The predicted molar refractivity (Wildman–Crippen MR) is 86.6 cm³/mol. The molecule has 4 nitrogen and oxygen atoms in total. The van der Waals surface area contributed by atoms with E-state index in [1.54, 1.807) is 0 Å². The Bertz CT molecular complexity index is 715. The lowest BCUT2D eigenvalue weighted by Crippen LogP contribution is -2.01. The number of ether oxygens (including phenoxy) is 2. The number of rotatable bonds is 6. The summed E-state index contributed by atoms with van der Waals surface area (Å²) in [5, 5.41) is 22.0. The zero-order chi connectivity index (χ0) is 15.4. The van der Waals surface area contributed by atoms with Gasteiger partial charge in [0, 0.05) is 0 Å². The van der Waals surface area contributed by atoms with E-state index >= 15 is 0 Å². The van der Waals surface area contributed by atoms with Crippen molar-refractivity contribution in [2.75, 3.05) is 26.4 Å². The van der Waals surface area contributed by atoms with Gasteiger partial charge in [0.2, 0.25) is 0 Å². The summed E-state index contributed by atoms with van der Waals surface area (Å²) in [6.45, 7) is 0.605. The summed E-state index contributed by atoms with van der Waals surface area (Å²) in [4.78, 5) is 0. The van der Waals surface area contributed by atoms with Crippen LogP contribution >= 0.6 is 0 Å². The van der Waals surface area contributed by atoms with Gasteiger partial charge in [-0.1, -0.05) is 12.1 Å². The van der Waals surface area contributed by atoms with E-state index in [4.69, 9.17) is 19.7 Å². The average molecular weight is 298 g/mol. The third-order valence-electron chi connectivity index (χ3n) is 3.46. The fourth-order valence-corrected chi connectivity index (χ4v) is 2.46. The Morgan fingerprint density at radius 3 is 1.45 bits per heavy atom. The van der Waals surface area contributed by atoms with Gasteiger partial charge in [-0.05, 0) is 57.9 Å². The van der Waals surface area contributed by atoms with Crippen LogP contribution in [-0.2, 0) is 0 Å². The van der Waals surface area contributed by atoms with Gasteiger partial charge >= 0.3 is 0 Å². The second-order valence-corrected chi connectivity index (χ2v) is 5.01. The lowest BCUT2D eigenvalue weighted by atomic mass is 10.0. The van der Waals surface area contributed by atoms with E-state index in [9.17, 15) is 0 Å². The molecule has 114 valence electrons. The Kier molecular flexibility index (Phi) is 4.42. The molecule has 0 radical (unpaired) electrons. The minimum Gasteiger partial charge on any atom is -0.491 e. The molecule has 0 aliphatic carbocycles. The summed E-state index contributed by atoms with van der Waals surface area (Å²) in [5.74, 6) is 1.51. The summed E-state index contributed by atoms with van der Waals surface area (Å²) in [6.07, 6.45) is 0. The van der Waals surface area contributed by atoms with E-state index in [0.717, 1.165) is 33.0 Å². The van der Waals surface area contributed by atoms with Crippen LogP contribution < -0.4 is 9.47 Å². The number of fused-ring (bicyclic) bond motifs is 2. The first-order valence-electron chi connectivity index (χ1n) is 7.25. The van der Waals surface area contributed by atoms with E-state index in [1.807, 2.05) is 36.4 Å². The molecule has 0 aromatic heterocycles. The van der Waals surface area contributed by atoms with Crippen molar-refractivity contribution in [1.29, 1.82) is 0 Å². The number of aliphatic hydroxyl groups is 2. The molecule has 3 rings (SSSR count). The molecule has 0 spiro atoms. The van der Waals surface area contributed by atoms with Crippen molar-refractivity contribution in [3.63, 3.8) is 0 Å². The maximum absolute atomic E-state index is 8.82. The van der Waals surface area contributed by atoms with Gasteiger partial charge in [0.05, 0.1) is 13.2 Å². The van der Waals surface area contributed by atoms with E-state index < -0.39 is 0 Å². The summed E-state index contributed by atoms with van der Waals surface area (Å²) in [5.41, 5.74) is 0. The molecular formula is C18H18O4. The molecule has 0 bridgehead atoms. The third-order valence-corrected chi connectivity index (χ3v) is 3.46. The van der Waals surface area contributed by atoms with Gasteiger partial charge in [-0.25, -0.2) is 0 Å². The van der Waals surface area contributed by atoms with Crippen LogP contribution in [0.25, 0.3) is 21.5 Å². The van der Waals surface area contributed by atoms with Crippen molar-refractivity contribution in [2.24, 2.45) is 0 Å². The quantitative estimate of drug-likeness (QED) is 0.687. The van der Waals surface area contributed by atoms with E-state index in [-0.39, 0.29) is 13.2 Å². The summed E-state index contributed by atoms with van der Waals surface area (Å²) in [6, 6.07) is 16.0. The molecule has 3 aromatic rings. The molecule has 2 N–H and O–H groups in total. The van der Waals surface area contributed by atoms with Gasteiger partial charge in [0.15, 0.2) is 0 Å². The third kappa shape index (κ3) is 3.13. The van der Waals surface area contributed by atoms with Crippen molar-refractivity contribution in [3.8, 4) is 11.5 Å². The highest BCUT2D eigenvalue weighted by Gasteiger charge is 2.03. The summed E-state index contributed by atoms with van der Waals surface area (Å²) >= 11 is 0. The fourth-order valence-electron chi connectivity index (χ4n) is 2.46. The van der Waals surface area contributed by atoms with Crippen molar-refractivity contribution >= 4 is 21.5 Å². The Labute approximate surface area is 128 Å². The number of hydrogen-bond acceptors (Lipinski definition) is 4. The van der Waals surface area contributed by atoms with Crippen LogP contribution in [-0.4, -0.2) is 36.6 Å². The van der Waals surface area contributed by atoms with Gasteiger partial charge in [-0.2, -0.15) is 0 Å². The minimum atomic E-state index is 0.00632. The SMILES string of the molecule is OCCOc1ccc2cc3cc(OCCO)ccc3cc2c1. The molecule has 22 heavy (non-hydrogen) atoms. The van der Waals surface area contributed by atoms with Crippen LogP contribution in [0.1, 0.15) is 0 Å². The van der Waals surface area contributed by atoms with Crippen molar-refractivity contribution in [3.05, 3.63) is 48.5 Å². The molecule has 0 fully saturated rings. The maximum Gasteiger partial charge on any atom is 0.120 e. The van der Waals surface area contributed by atoms with Crippen LogP contribution in [0.15, 0.2) is 48.5 Å². The van der Waals surface area contributed by atoms with E-state index in [2.05, 4.69) is 12.1 Å².